The SMILES string of the molecule is CCCCOC(=O)C1C2C=C[C@]3(CN(c4ccccc4CC)C(=O)C13)O2. The van der Waals surface area contributed by atoms with Crippen LogP contribution in [0.3, 0.4) is 0 Å². The molecule has 5 nitrogen and oxygen atoms in total. The highest BCUT2D eigenvalue weighted by atomic mass is 16.6. The molecule has 1 aromatic carbocycles. The van der Waals surface area contributed by atoms with Crippen molar-refractivity contribution >= 4 is 17.6 Å². The molecule has 2 fully saturated rings. The summed E-state index contributed by atoms with van der Waals surface area (Å²) in [5.74, 6) is -1.37. The molecule has 1 amide bonds. The second-order valence-electron chi connectivity index (χ2n) is 7.33. The third-order valence-corrected chi connectivity index (χ3v) is 5.78. The highest BCUT2D eigenvalue weighted by molar-refractivity contribution is 6.03. The minimum absolute atomic E-state index is 0.0322. The Morgan fingerprint density at radius 2 is 2.15 bits per heavy atom. The van der Waals surface area contributed by atoms with E-state index in [4.69, 9.17) is 9.47 Å². The number of aryl methyl sites for hydroxylation is 1. The van der Waals surface area contributed by atoms with Crippen LogP contribution in [0.15, 0.2) is 36.4 Å². The van der Waals surface area contributed by atoms with Crippen LogP contribution in [-0.4, -0.2) is 36.7 Å². The van der Waals surface area contributed by atoms with Gasteiger partial charge in [0.15, 0.2) is 0 Å². The maximum Gasteiger partial charge on any atom is 0.312 e. The Kier molecular flexibility index (Phi) is 4.35. The van der Waals surface area contributed by atoms with Gasteiger partial charge in [0.25, 0.3) is 0 Å². The highest BCUT2D eigenvalue weighted by Crippen LogP contribution is 2.53. The van der Waals surface area contributed by atoms with E-state index in [1.807, 2.05) is 36.4 Å². The van der Waals surface area contributed by atoms with Crippen LogP contribution in [0.2, 0.25) is 0 Å². The Balaban J connectivity index is 1.62. The molecule has 3 heterocycles. The van der Waals surface area contributed by atoms with Gasteiger partial charge < -0.3 is 14.4 Å². The molecule has 5 heteroatoms. The summed E-state index contributed by atoms with van der Waals surface area (Å²) in [7, 11) is 0. The van der Waals surface area contributed by atoms with Gasteiger partial charge in [0, 0.05) is 5.69 Å². The van der Waals surface area contributed by atoms with E-state index in [2.05, 4.69) is 13.8 Å². The van der Waals surface area contributed by atoms with Crippen LogP contribution in [0.25, 0.3) is 0 Å². The van der Waals surface area contributed by atoms with Crippen LogP contribution in [0.4, 0.5) is 5.69 Å². The molecule has 0 N–H and O–H groups in total. The van der Waals surface area contributed by atoms with Crippen LogP contribution in [0.1, 0.15) is 32.3 Å². The zero-order valence-electron chi connectivity index (χ0n) is 15.3. The highest BCUT2D eigenvalue weighted by Gasteiger charge is 2.67. The quantitative estimate of drug-likeness (QED) is 0.447. The number of carbonyl (C=O) groups excluding carboxylic acids is 2. The van der Waals surface area contributed by atoms with Gasteiger partial charge in [-0.2, -0.15) is 0 Å². The second kappa shape index (κ2) is 6.54. The smallest absolute Gasteiger partial charge is 0.312 e. The van der Waals surface area contributed by atoms with Crippen molar-refractivity contribution in [1.29, 1.82) is 0 Å². The average Bonchev–Trinajstić information content (AvgIpc) is 3.30. The third kappa shape index (κ3) is 2.49. The number of hydrogen-bond acceptors (Lipinski definition) is 4. The Morgan fingerprint density at radius 3 is 2.92 bits per heavy atom. The van der Waals surface area contributed by atoms with E-state index in [1.165, 1.54) is 0 Å². The number of ether oxygens (including phenoxy) is 2. The van der Waals surface area contributed by atoms with Crippen molar-refractivity contribution in [3.63, 3.8) is 0 Å². The van der Waals surface area contributed by atoms with Gasteiger partial charge in [-0.3, -0.25) is 9.59 Å². The standard InChI is InChI=1S/C21H25NO4/c1-3-5-12-25-20(24)17-16-10-11-21(26-16)13-22(19(23)18(17)21)15-9-7-6-8-14(15)4-2/h6-11,16-18H,3-5,12-13H2,1-2H3/t16?,17?,18?,21-/m1/s1. The number of unbranched alkanes of at least 4 members (excludes halogenated alkanes) is 1. The summed E-state index contributed by atoms with van der Waals surface area (Å²) >= 11 is 0. The summed E-state index contributed by atoms with van der Waals surface area (Å²) in [4.78, 5) is 27.7. The molecule has 1 aromatic rings. The molecule has 138 valence electrons. The van der Waals surface area contributed by atoms with Gasteiger partial charge in [0.2, 0.25) is 5.91 Å². The van der Waals surface area contributed by atoms with E-state index in [1.54, 1.807) is 4.90 Å². The van der Waals surface area contributed by atoms with Crippen LogP contribution in [0.5, 0.6) is 0 Å². The summed E-state index contributed by atoms with van der Waals surface area (Å²) < 4.78 is 11.6. The van der Waals surface area contributed by atoms with E-state index in [9.17, 15) is 9.59 Å². The molecular weight excluding hydrogens is 330 g/mol. The van der Waals surface area contributed by atoms with E-state index < -0.39 is 17.4 Å². The van der Waals surface area contributed by atoms with Crippen LogP contribution in [-0.2, 0) is 25.5 Å². The first-order valence-electron chi connectivity index (χ1n) is 9.54. The molecule has 0 aliphatic carbocycles. The summed E-state index contributed by atoms with van der Waals surface area (Å²) in [6.07, 6.45) is 6.20. The van der Waals surface area contributed by atoms with Crippen LogP contribution in [0, 0.1) is 11.8 Å². The van der Waals surface area contributed by atoms with Gasteiger partial charge in [0.1, 0.15) is 11.5 Å². The number of fused-ring (bicyclic) bond motifs is 1. The monoisotopic (exact) mass is 355 g/mol. The van der Waals surface area contributed by atoms with Crippen LogP contribution < -0.4 is 4.90 Å². The van der Waals surface area contributed by atoms with Crippen molar-refractivity contribution in [2.24, 2.45) is 11.8 Å². The molecule has 1 spiro atoms. The Morgan fingerprint density at radius 1 is 1.35 bits per heavy atom. The number of benzene rings is 1. The van der Waals surface area contributed by atoms with Crippen molar-refractivity contribution in [1.82, 2.24) is 0 Å². The van der Waals surface area contributed by atoms with E-state index in [0.717, 1.165) is 30.5 Å². The minimum atomic E-state index is -0.697. The first kappa shape index (κ1) is 17.3. The van der Waals surface area contributed by atoms with Gasteiger partial charge in [-0.25, -0.2) is 0 Å². The Labute approximate surface area is 154 Å². The molecule has 3 aliphatic rings. The number of anilines is 1. The van der Waals surface area contributed by atoms with Crippen molar-refractivity contribution in [2.45, 2.75) is 44.8 Å². The van der Waals surface area contributed by atoms with Gasteiger partial charge in [-0.05, 0) is 24.5 Å². The number of nitrogens with zero attached hydrogens (tertiary/aromatic N) is 1. The Hall–Kier alpha value is -2.14. The van der Waals surface area contributed by atoms with E-state index >= 15 is 0 Å². The fraction of sp³-hybridized carbons (Fsp3) is 0.524. The lowest BCUT2D eigenvalue weighted by atomic mass is 9.77. The second-order valence-corrected chi connectivity index (χ2v) is 7.33. The maximum atomic E-state index is 13.3. The lowest BCUT2D eigenvalue weighted by molar-refractivity contribution is -0.152. The molecule has 2 saturated heterocycles. The van der Waals surface area contributed by atoms with Crippen molar-refractivity contribution < 1.29 is 19.1 Å². The zero-order valence-corrected chi connectivity index (χ0v) is 15.3. The molecule has 3 unspecified atom stereocenters. The minimum Gasteiger partial charge on any atom is -0.465 e. The summed E-state index contributed by atoms with van der Waals surface area (Å²) in [6, 6.07) is 7.94. The first-order valence-corrected chi connectivity index (χ1v) is 9.54. The van der Waals surface area contributed by atoms with Crippen molar-refractivity contribution in [2.75, 3.05) is 18.1 Å². The van der Waals surface area contributed by atoms with Gasteiger partial charge in [-0.1, -0.05) is 50.6 Å². The maximum absolute atomic E-state index is 13.3. The normalized spacial score (nSPS) is 31.5. The molecule has 2 bridgehead atoms. The Bertz CT molecular complexity index is 758. The summed E-state index contributed by atoms with van der Waals surface area (Å²) in [5.41, 5.74) is 1.34. The zero-order chi connectivity index (χ0) is 18.3. The number of para-hydroxylation sites is 1. The number of amides is 1. The molecular formula is C21H25NO4. The fourth-order valence-corrected chi connectivity index (χ4v) is 4.46. The topological polar surface area (TPSA) is 55.8 Å². The third-order valence-electron chi connectivity index (χ3n) is 5.78. The predicted octanol–water partition coefficient (Wildman–Crippen LogP) is 2.88. The molecule has 0 saturated carbocycles. The lowest BCUT2D eigenvalue weighted by Gasteiger charge is -2.23. The van der Waals surface area contributed by atoms with E-state index in [-0.39, 0.29) is 18.0 Å². The molecule has 0 aromatic heterocycles. The van der Waals surface area contributed by atoms with Crippen molar-refractivity contribution in [3.8, 4) is 0 Å². The fourth-order valence-electron chi connectivity index (χ4n) is 4.46. The summed E-state index contributed by atoms with van der Waals surface area (Å²) in [5, 5.41) is 0. The largest absolute Gasteiger partial charge is 0.465 e. The molecule has 0 radical (unpaired) electrons. The molecule has 4 rings (SSSR count). The predicted molar refractivity (Wildman–Crippen MR) is 97.8 cm³/mol. The molecule has 3 aliphatic heterocycles. The number of rotatable bonds is 6. The van der Waals surface area contributed by atoms with Gasteiger partial charge in [-0.15, -0.1) is 0 Å². The molecule has 26 heavy (non-hydrogen) atoms. The van der Waals surface area contributed by atoms with E-state index in [0.29, 0.717) is 13.2 Å². The first-order chi connectivity index (χ1) is 12.6. The number of hydrogen-bond donors (Lipinski definition) is 0. The van der Waals surface area contributed by atoms with Gasteiger partial charge in [0.05, 0.1) is 25.2 Å². The number of carbonyl (C=O) groups is 2. The lowest BCUT2D eigenvalue weighted by Crippen LogP contribution is -2.40. The average molecular weight is 355 g/mol. The summed E-state index contributed by atoms with van der Waals surface area (Å²) in [6.45, 7) is 4.99. The van der Waals surface area contributed by atoms with Crippen molar-refractivity contribution in [3.05, 3.63) is 42.0 Å². The van der Waals surface area contributed by atoms with Crippen LogP contribution >= 0.6 is 0 Å². The molecule has 4 atom stereocenters. The number of esters is 1. The van der Waals surface area contributed by atoms with Gasteiger partial charge >= 0.3 is 5.97 Å².